The molecule has 0 bridgehead atoms. The summed E-state index contributed by atoms with van der Waals surface area (Å²) in [5.41, 5.74) is 0.282. The second-order valence-electron chi connectivity index (χ2n) is 12.7. The summed E-state index contributed by atoms with van der Waals surface area (Å²) >= 11 is 0. The lowest BCUT2D eigenvalue weighted by molar-refractivity contribution is -0.143. The molecule has 234 valence electrons. The first-order valence-electron chi connectivity index (χ1n) is 15.6. The summed E-state index contributed by atoms with van der Waals surface area (Å²) in [6.45, 7) is 17.6. The molecule has 3 atom stereocenters. The van der Waals surface area contributed by atoms with Crippen LogP contribution in [0, 0.1) is 12.8 Å². The number of alkyl carbamates (subject to hydrolysis) is 1. The average molecular weight is 576 g/mol. The van der Waals surface area contributed by atoms with Gasteiger partial charge < -0.3 is 25.4 Å². The molecule has 3 N–H and O–H groups in total. The Labute approximate surface area is 249 Å². The Morgan fingerprint density at radius 3 is 2.17 bits per heavy atom. The van der Waals surface area contributed by atoms with E-state index in [9.17, 15) is 19.5 Å². The van der Waals surface area contributed by atoms with E-state index in [4.69, 9.17) is 4.74 Å². The molecule has 0 fully saturated rings. The maximum Gasteiger partial charge on any atom is 0.408 e. The minimum absolute atomic E-state index is 0.00273. The number of rotatable bonds is 17. The number of aromatic hydroxyl groups is 1. The van der Waals surface area contributed by atoms with Crippen molar-refractivity contribution in [1.29, 1.82) is 0 Å². The van der Waals surface area contributed by atoms with E-state index in [-0.39, 0.29) is 29.5 Å². The van der Waals surface area contributed by atoms with Crippen LogP contribution >= 0.6 is 0 Å². The van der Waals surface area contributed by atoms with Crippen LogP contribution in [-0.4, -0.2) is 52.1 Å². The van der Waals surface area contributed by atoms with E-state index in [1.54, 1.807) is 50.8 Å². The SMILES string of the molecule is CCCCCCCCN(C(=O)C(CC(C)C)NC(=O)OC(C)(C)C)C(C(=O)NC(C)CCC)c1cccc(C)c1O. The number of hydrogen-bond donors (Lipinski definition) is 3. The molecule has 8 heteroatoms. The van der Waals surface area contributed by atoms with Gasteiger partial charge in [0.15, 0.2) is 0 Å². The number of phenolic OH excluding ortho intramolecular Hbond substituents is 1. The number of carbonyl (C=O) groups excluding carboxylic acids is 3. The van der Waals surface area contributed by atoms with Crippen LogP contribution in [0.15, 0.2) is 18.2 Å². The minimum atomic E-state index is -1.05. The fraction of sp³-hybridized carbons (Fsp3) is 0.727. The molecule has 3 unspecified atom stereocenters. The predicted octanol–water partition coefficient (Wildman–Crippen LogP) is 7.18. The zero-order chi connectivity index (χ0) is 31.2. The second-order valence-corrected chi connectivity index (χ2v) is 12.7. The monoisotopic (exact) mass is 575 g/mol. The van der Waals surface area contributed by atoms with Gasteiger partial charge in [0.25, 0.3) is 0 Å². The zero-order valence-electron chi connectivity index (χ0n) is 27.1. The molecule has 1 rings (SSSR count). The number of nitrogens with one attached hydrogen (secondary N) is 2. The third kappa shape index (κ3) is 13.2. The zero-order valence-corrected chi connectivity index (χ0v) is 27.1. The van der Waals surface area contributed by atoms with Gasteiger partial charge in [-0.1, -0.05) is 84.4 Å². The van der Waals surface area contributed by atoms with Gasteiger partial charge in [-0.3, -0.25) is 9.59 Å². The molecule has 41 heavy (non-hydrogen) atoms. The van der Waals surface area contributed by atoms with Crippen LogP contribution in [0.2, 0.25) is 0 Å². The van der Waals surface area contributed by atoms with Crippen molar-refractivity contribution in [2.24, 2.45) is 5.92 Å². The van der Waals surface area contributed by atoms with Crippen LogP contribution in [0.3, 0.4) is 0 Å². The number of nitrogens with zero attached hydrogens (tertiary/aromatic N) is 1. The first-order valence-corrected chi connectivity index (χ1v) is 15.6. The van der Waals surface area contributed by atoms with E-state index >= 15 is 0 Å². The first kappa shape index (κ1) is 36.3. The molecular weight excluding hydrogens is 518 g/mol. The highest BCUT2D eigenvalue weighted by atomic mass is 16.6. The predicted molar refractivity (Wildman–Crippen MR) is 166 cm³/mol. The van der Waals surface area contributed by atoms with E-state index in [2.05, 4.69) is 24.5 Å². The number of unbranched alkanes of at least 4 members (excludes halogenated alkanes) is 5. The summed E-state index contributed by atoms with van der Waals surface area (Å²) in [6.07, 6.45) is 7.49. The van der Waals surface area contributed by atoms with Crippen molar-refractivity contribution in [2.75, 3.05) is 6.54 Å². The Bertz CT molecular complexity index is 957. The van der Waals surface area contributed by atoms with Crippen LogP contribution in [0.1, 0.15) is 130 Å². The summed E-state index contributed by atoms with van der Waals surface area (Å²) < 4.78 is 5.48. The van der Waals surface area contributed by atoms with Gasteiger partial charge in [-0.2, -0.15) is 0 Å². The summed E-state index contributed by atoms with van der Waals surface area (Å²) in [5.74, 6) is -0.606. The first-order chi connectivity index (χ1) is 19.2. The summed E-state index contributed by atoms with van der Waals surface area (Å²) in [6, 6.07) is 3.24. The van der Waals surface area contributed by atoms with Crippen LogP contribution < -0.4 is 10.6 Å². The van der Waals surface area contributed by atoms with Gasteiger partial charge in [-0.05, 0) is 65.4 Å². The highest BCUT2D eigenvalue weighted by molar-refractivity contribution is 5.92. The quantitative estimate of drug-likeness (QED) is 0.171. The van der Waals surface area contributed by atoms with Gasteiger partial charge >= 0.3 is 6.09 Å². The number of para-hydroxylation sites is 1. The maximum atomic E-state index is 14.4. The molecule has 0 aliphatic carbocycles. The molecular formula is C33H57N3O5. The maximum absolute atomic E-state index is 14.4. The van der Waals surface area contributed by atoms with Crippen molar-refractivity contribution in [2.45, 2.75) is 144 Å². The van der Waals surface area contributed by atoms with Crippen molar-refractivity contribution < 1.29 is 24.2 Å². The molecule has 1 aromatic rings. The fourth-order valence-corrected chi connectivity index (χ4v) is 4.95. The number of aryl methyl sites for hydroxylation is 1. The number of ether oxygens (including phenoxy) is 1. The largest absolute Gasteiger partial charge is 0.507 e. The number of phenols is 1. The number of carbonyl (C=O) groups is 3. The van der Waals surface area contributed by atoms with Crippen LogP contribution in [0.25, 0.3) is 0 Å². The van der Waals surface area contributed by atoms with Crippen LogP contribution in [0.5, 0.6) is 5.75 Å². The van der Waals surface area contributed by atoms with Crippen molar-refractivity contribution in [3.63, 3.8) is 0 Å². The van der Waals surface area contributed by atoms with Crippen LogP contribution in [-0.2, 0) is 14.3 Å². The van der Waals surface area contributed by atoms with E-state index in [1.807, 2.05) is 20.8 Å². The molecule has 0 aromatic heterocycles. The lowest BCUT2D eigenvalue weighted by Gasteiger charge is -2.36. The lowest BCUT2D eigenvalue weighted by Crippen LogP contribution is -2.54. The van der Waals surface area contributed by atoms with Crippen molar-refractivity contribution in [1.82, 2.24) is 15.5 Å². The highest BCUT2D eigenvalue weighted by Crippen LogP contribution is 2.33. The molecule has 0 saturated heterocycles. The Kier molecular flexibility index (Phi) is 15.8. The van der Waals surface area contributed by atoms with Gasteiger partial charge in [-0.25, -0.2) is 4.79 Å². The second kappa shape index (κ2) is 17.9. The Balaban J connectivity index is 3.55. The van der Waals surface area contributed by atoms with E-state index < -0.39 is 23.8 Å². The minimum Gasteiger partial charge on any atom is -0.507 e. The lowest BCUT2D eigenvalue weighted by atomic mass is 9.96. The standard InChI is InChI=1S/C33H57N3O5/c1-10-12-13-14-15-16-21-36(31(39)27(22-23(3)4)35-32(40)41-33(7,8)9)28(30(38)34-25(6)18-11-2)26-20-17-19-24(5)29(26)37/h17,19-20,23,25,27-28,37H,10-16,18,21-22H2,1-9H3,(H,34,38)(H,35,40). The van der Waals surface area contributed by atoms with E-state index in [0.29, 0.717) is 30.5 Å². The molecule has 3 amide bonds. The van der Waals surface area contributed by atoms with Crippen molar-refractivity contribution in [3.05, 3.63) is 29.3 Å². The van der Waals surface area contributed by atoms with E-state index in [1.165, 1.54) is 0 Å². The van der Waals surface area contributed by atoms with Gasteiger partial charge in [0, 0.05) is 18.2 Å². The molecule has 0 heterocycles. The smallest absolute Gasteiger partial charge is 0.408 e. The third-order valence-electron chi connectivity index (χ3n) is 6.97. The Morgan fingerprint density at radius 2 is 1.59 bits per heavy atom. The average Bonchev–Trinajstić information content (AvgIpc) is 2.85. The van der Waals surface area contributed by atoms with Crippen molar-refractivity contribution >= 4 is 17.9 Å². The molecule has 0 radical (unpaired) electrons. The normalized spacial score (nSPS) is 13.8. The number of amides is 3. The molecule has 1 aromatic carbocycles. The van der Waals surface area contributed by atoms with E-state index in [0.717, 1.165) is 44.9 Å². The number of hydrogen-bond acceptors (Lipinski definition) is 5. The van der Waals surface area contributed by atoms with Crippen molar-refractivity contribution in [3.8, 4) is 5.75 Å². The summed E-state index contributed by atoms with van der Waals surface area (Å²) in [5, 5.41) is 17.0. The summed E-state index contributed by atoms with van der Waals surface area (Å²) in [4.78, 5) is 42.7. The third-order valence-corrected chi connectivity index (χ3v) is 6.97. The van der Waals surface area contributed by atoms with Gasteiger partial charge in [0.2, 0.25) is 11.8 Å². The Morgan fingerprint density at radius 1 is 0.951 bits per heavy atom. The van der Waals surface area contributed by atoms with Crippen LogP contribution in [0.4, 0.5) is 4.79 Å². The molecule has 8 nitrogen and oxygen atoms in total. The Hall–Kier alpha value is -2.77. The molecule has 0 aliphatic rings. The van der Waals surface area contributed by atoms with Gasteiger partial charge in [0.1, 0.15) is 23.4 Å². The van der Waals surface area contributed by atoms with Gasteiger partial charge in [-0.15, -0.1) is 0 Å². The fourth-order valence-electron chi connectivity index (χ4n) is 4.95. The summed E-state index contributed by atoms with van der Waals surface area (Å²) in [7, 11) is 0. The molecule has 0 aliphatic heterocycles. The highest BCUT2D eigenvalue weighted by Gasteiger charge is 2.38. The topological polar surface area (TPSA) is 108 Å². The van der Waals surface area contributed by atoms with Gasteiger partial charge in [0.05, 0.1) is 0 Å². The molecule has 0 saturated carbocycles. The molecule has 0 spiro atoms. The number of benzene rings is 1.